The molecule has 6 nitrogen and oxygen atoms in total. The molecule has 25 heavy (non-hydrogen) atoms. The van der Waals surface area contributed by atoms with Crippen molar-refractivity contribution in [1.82, 2.24) is 0 Å². The summed E-state index contributed by atoms with van der Waals surface area (Å²) in [5.41, 5.74) is 0.461. The first kappa shape index (κ1) is 19.4. The lowest BCUT2D eigenvalue weighted by Gasteiger charge is -2.44. The van der Waals surface area contributed by atoms with Crippen LogP contribution < -0.4 is 0 Å². The molecule has 2 rings (SSSR count). The molecule has 0 spiro atoms. The summed E-state index contributed by atoms with van der Waals surface area (Å²) >= 11 is 0. The van der Waals surface area contributed by atoms with Crippen LogP contribution in [-0.4, -0.2) is 48.1 Å². The van der Waals surface area contributed by atoms with Gasteiger partial charge in [-0.2, -0.15) is 0 Å². The Balaban J connectivity index is 2.07. The van der Waals surface area contributed by atoms with Crippen molar-refractivity contribution in [3.05, 3.63) is 35.9 Å². The number of carbonyl (C=O) groups excluding carboxylic acids is 2. The van der Waals surface area contributed by atoms with Gasteiger partial charge in [0.15, 0.2) is 0 Å². The van der Waals surface area contributed by atoms with E-state index in [1.807, 2.05) is 19.9 Å². The van der Waals surface area contributed by atoms with Crippen molar-refractivity contribution in [2.24, 2.45) is 11.8 Å². The van der Waals surface area contributed by atoms with E-state index in [2.05, 4.69) is 0 Å². The van der Waals surface area contributed by atoms with Gasteiger partial charge >= 0.3 is 11.9 Å². The Labute approximate surface area is 148 Å². The van der Waals surface area contributed by atoms with Crippen LogP contribution in [0.3, 0.4) is 0 Å². The van der Waals surface area contributed by atoms with E-state index in [4.69, 9.17) is 14.2 Å². The SMILES string of the molecule is CC(=O)O[C@H]1[C@@H](C)[C@@H](COC(=O)c2ccccc2)O[C@@H](C(C)O)[C@@H]1C. The van der Waals surface area contributed by atoms with Crippen LogP contribution >= 0.6 is 0 Å². The highest BCUT2D eigenvalue weighted by Crippen LogP contribution is 2.34. The molecule has 1 aromatic rings. The van der Waals surface area contributed by atoms with E-state index in [9.17, 15) is 14.7 Å². The van der Waals surface area contributed by atoms with Crippen LogP contribution in [-0.2, 0) is 19.0 Å². The standard InChI is InChI=1S/C19H26O6/c1-11-16(10-23-19(22)15-8-6-5-7-9-15)25-18(13(3)20)12(2)17(11)24-14(4)21/h5-9,11-13,16-18,20H,10H2,1-4H3/t11-,12+,13?,16+,17-,18+/m0/s1. The molecule has 1 heterocycles. The fourth-order valence-electron chi connectivity index (χ4n) is 3.29. The van der Waals surface area contributed by atoms with E-state index in [0.29, 0.717) is 5.56 Å². The van der Waals surface area contributed by atoms with Gasteiger partial charge in [-0.25, -0.2) is 4.79 Å². The minimum atomic E-state index is -0.729. The fourth-order valence-corrected chi connectivity index (χ4v) is 3.29. The molecule has 0 aliphatic carbocycles. The molecule has 0 saturated carbocycles. The molecule has 0 bridgehead atoms. The Morgan fingerprint density at radius 3 is 2.40 bits per heavy atom. The maximum absolute atomic E-state index is 12.1. The van der Waals surface area contributed by atoms with Gasteiger partial charge in [0.05, 0.1) is 23.9 Å². The van der Waals surface area contributed by atoms with Gasteiger partial charge < -0.3 is 19.3 Å². The second kappa shape index (κ2) is 8.45. The van der Waals surface area contributed by atoms with Crippen LogP contribution in [0.2, 0.25) is 0 Å². The maximum Gasteiger partial charge on any atom is 0.338 e. The number of aliphatic hydroxyl groups is 1. The van der Waals surface area contributed by atoms with Gasteiger partial charge in [-0.1, -0.05) is 32.0 Å². The Bertz CT molecular complexity index is 585. The van der Waals surface area contributed by atoms with E-state index < -0.39 is 30.4 Å². The number of carbonyl (C=O) groups is 2. The van der Waals surface area contributed by atoms with Gasteiger partial charge in [0, 0.05) is 18.8 Å². The van der Waals surface area contributed by atoms with Gasteiger partial charge in [0.25, 0.3) is 0 Å². The van der Waals surface area contributed by atoms with Crippen LogP contribution in [0.25, 0.3) is 0 Å². The first-order chi connectivity index (χ1) is 11.8. The number of esters is 2. The van der Waals surface area contributed by atoms with Crippen molar-refractivity contribution >= 4 is 11.9 Å². The molecule has 1 fully saturated rings. The number of benzene rings is 1. The Morgan fingerprint density at radius 1 is 1.20 bits per heavy atom. The predicted octanol–water partition coefficient (Wildman–Crippen LogP) is 2.20. The van der Waals surface area contributed by atoms with E-state index in [0.717, 1.165) is 0 Å². The molecular formula is C19H26O6. The van der Waals surface area contributed by atoms with E-state index in [-0.39, 0.29) is 24.4 Å². The Hall–Kier alpha value is -1.92. The Kier molecular flexibility index (Phi) is 6.56. The molecule has 1 aliphatic rings. The summed E-state index contributed by atoms with van der Waals surface area (Å²) < 4.78 is 16.8. The van der Waals surface area contributed by atoms with E-state index >= 15 is 0 Å². The second-order valence-electron chi connectivity index (χ2n) is 6.64. The summed E-state index contributed by atoms with van der Waals surface area (Å²) in [6.07, 6.45) is -2.10. The minimum absolute atomic E-state index is 0.0304. The van der Waals surface area contributed by atoms with Crippen molar-refractivity contribution in [3.8, 4) is 0 Å². The molecule has 6 heteroatoms. The lowest BCUT2D eigenvalue weighted by atomic mass is 9.81. The van der Waals surface area contributed by atoms with Crippen LogP contribution in [0.1, 0.15) is 38.1 Å². The fraction of sp³-hybridized carbons (Fsp3) is 0.579. The third-order valence-corrected chi connectivity index (χ3v) is 4.64. The van der Waals surface area contributed by atoms with Crippen molar-refractivity contribution in [2.75, 3.05) is 6.61 Å². The molecule has 1 unspecified atom stereocenters. The molecule has 1 aromatic carbocycles. The summed E-state index contributed by atoms with van der Waals surface area (Å²) in [4.78, 5) is 23.5. The minimum Gasteiger partial charge on any atom is -0.462 e. The first-order valence-corrected chi connectivity index (χ1v) is 8.54. The van der Waals surface area contributed by atoms with Crippen molar-refractivity contribution < 1.29 is 28.9 Å². The number of hydrogen-bond donors (Lipinski definition) is 1. The zero-order valence-corrected chi connectivity index (χ0v) is 15.0. The molecule has 1 N–H and O–H groups in total. The van der Waals surface area contributed by atoms with Gasteiger partial charge in [-0.15, -0.1) is 0 Å². The average molecular weight is 350 g/mol. The van der Waals surface area contributed by atoms with Gasteiger partial charge in [0.2, 0.25) is 0 Å². The highest BCUT2D eigenvalue weighted by atomic mass is 16.6. The lowest BCUT2D eigenvalue weighted by molar-refractivity contribution is -0.212. The van der Waals surface area contributed by atoms with Crippen LogP contribution in [0.4, 0.5) is 0 Å². The van der Waals surface area contributed by atoms with Crippen molar-refractivity contribution in [3.63, 3.8) is 0 Å². The second-order valence-corrected chi connectivity index (χ2v) is 6.64. The summed E-state index contributed by atoms with van der Waals surface area (Å²) in [6, 6.07) is 8.70. The summed E-state index contributed by atoms with van der Waals surface area (Å²) in [5.74, 6) is -1.15. The highest BCUT2D eigenvalue weighted by molar-refractivity contribution is 5.89. The number of ether oxygens (including phenoxy) is 3. The molecule has 1 saturated heterocycles. The summed E-state index contributed by atoms with van der Waals surface area (Å²) in [7, 11) is 0. The molecule has 138 valence electrons. The molecule has 0 amide bonds. The smallest absolute Gasteiger partial charge is 0.338 e. The number of aliphatic hydroxyl groups excluding tert-OH is 1. The normalized spacial score (nSPS) is 30.4. The van der Waals surface area contributed by atoms with Crippen LogP contribution in [0, 0.1) is 11.8 Å². The van der Waals surface area contributed by atoms with Gasteiger partial charge in [-0.05, 0) is 19.1 Å². The van der Waals surface area contributed by atoms with Crippen molar-refractivity contribution in [1.29, 1.82) is 0 Å². The molecule has 0 radical (unpaired) electrons. The molecule has 0 aromatic heterocycles. The topological polar surface area (TPSA) is 82.1 Å². The zero-order chi connectivity index (χ0) is 18.6. The number of hydrogen-bond acceptors (Lipinski definition) is 6. The third kappa shape index (κ3) is 4.80. The van der Waals surface area contributed by atoms with Gasteiger partial charge in [-0.3, -0.25) is 4.79 Å². The van der Waals surface area contributed by atoms with E-state index in [1.54, 1.807) is 31.2 Å². The first-order valence-electron chi connectivity index (χ1n) is 8.54. The molecule has 1 aliphatic heterocycles. The summed E-state index contributed by atoms with van der Waals surface area (Å²) in [5, 5.41) is 9.99. The van der Waals surface area contributed by atoms with E-state index in [1.165, 1.54) is 6.92 Å². The maximum atomic E-state index is 12.1. The lowest BCUT2D eigenvalue weighted by Crippen LogP contribution is -2.55. The number of rotatable bonds is 5. The quantitative estimate of drug-likeness (QED) is 0.820. The summed E-state index contributed by atoms with van der Waals surface area (Å²) in [6.45, 7) is 6.80. The highest BCUT2D eigenvalue weighted by Gasteiger charge is 2.45. The third-order valence-electron chi connectivity index (χ3n) is 4.64. The molecule has 6 atom stereocenters. The van der Waals surface area contributed by atoms with Crippen LogP contribution in [0.5, 0.6) is 0 Å². The van der Waals surface area contributed by atoms with Crippen LogP contribution in [0.15, 0.2) is 30.3 Å². The average Bonchev–Trinajstić information content (AvgIpc) is 2.58. The molecular weight excluding hydrogens is 324 g/mol. The monoisotopic (exact) mass is 350 g/mol. The largest absolute Gasteiger partial charge is 0.462 e. The Morgan fingerprint density at radius 2 is 1.84 bits per heavy atom. The van der Waals surface area contributed by atoms with Crippen molar-refractivity contribution in [2.45, 2.75) is 52.1 Å². The predicted molar refractivity (Wildman–Crippen MR) is 90.9 cm³/mol. The van der Waals surface area contributed by atoms with Gasteiger partial charge in [0.1, 0.15) is 12.7 Å². The zero-order valence-electron chi connectivity index (χ0n) is 15.0.